The van der Waals surface area contributed by atoms with E-state index in [0.717, 1.165) is 43.3 Å². The summed E-state index contributed by atoms with van der Waals surface area (Å²) in [7, 11) is 0. The minimum atomic E-state index is 0.834. The molecule has 0 unspecified atom stereocenters. The summed E-state index contributed by atoms with van der Waals surface area (Å²) in [5, 5.41) is 11.7. The maximum absolute atomic E-state index is 4.67. The van der Waals surface area contributed by atoms with Crippen molar-refractivity contribution >= 4 is 22.8 Å². The van der Waals surface area contributed by atoms with E-state index < -0.39 is 0 Å². The summed E-state index contributed by atoms with van der Waals surface area (Å²) >= 11 is 1.76. The first-order chi connectivity index (χ1) is 10.3. The van der Waals surface area contributed by atoms with Gasteiger partial charge in [0.15, 0.2) is 5.82 Å². The van der Waals surface area contributed by atoms with E-state index in [1.807, 2.05) is 10.6 Å². The second-order valence-corrected chi connectivity index (χ2v) is 6.43. The van der Waals surface area contributed by atoms with Crippen LogP contribution in [0.5, 0.6) is 0 Å². The van der Waals surface area contributed by atoms with E-state index in [1.165, 1.54) is 9.75 Å². The maximum Gasteiger partial charge on any atom is 0.204 e. The van der Waals surface area contributed by atoms with Crippen molar-refractivity contribution in [3.05, 3.63) is 29.5 Å². The van der Waals surface area contributed by atoms with Gasteiger partial charge in [-0.05, 0) is 19.1 Å². The zero-order chi connectivity index (χ0) is 14.2. The molecule has 1 aliphatic heterocycles. The van der Waals surface area contributed by atoms with E-state index in [-0.39, 0.29) is 0 Å². The summed E-state index contributed by atoms with van der Waals surface area (Å²) in [6.07, 6.45) is 3.70. The molecule has 7 heteroatoms. The summed E-state index contributed by atoms with van der Waals surface area (Å²) in [6.45, 7) is 5.97. The van der Waals surface area contributed by atoms with Crippen molar-refractivity contribution in [1.82, 2.24) is 24.9 Å². The molecule has 0 atom stereocenters. The average Bonchev–Trinajstić information content (AvgIpc) is 3.16. The normalized spacial score (nSPS) is 15.8. The van der Waals surface area contributed by atoms with Gasteiger partial charge in [-0.15, -0.1) is 21.5 Å². The van der Waals surface area contributed by atoms with Crippen LogP contribution in [0, 0.1) is 6.92 Å². The summed E-state index contributed by atoms with van der Waals surface area (Å²) < 4.78 is 2.04. The topological polar surface area (TPSA) is 58.4 Å². The lowest BCUT2D eigenvalue weighted by Gasteiger charge is -2.28. The highest BCUT2D eigenvalue weighted by Gasteiger charge is 2.18. The Morgan fingerprint density at radius 1 is 1.24 bits per heavy atom. The number of nitrogens with zero attached hydrogens (tertiary/aromatic N) is 5. The highest BCUT2D eigenvalue weighted by molar-refractivity contribution is 7.15. The van der Waals surface area contributed by atoms with Crippen LogP contribution in [-0.4, -0.2) is 45.8 Å². The number of hydrogen-bond acceptors (Lipinski definition) is 6. The number of anilines is 1. The van der Waals surface area contributed by atoms with Crippen molar-refractivity contribution < 1.29 is 0 Å². The quantitative estimate of drug-likeness (QED) is 0.778. The molecule has 0 amide bonds. The molecule has 0 radical (unpaired) electrons. The van der Waals surface area contributed by atoms with E-state index in [1.54, 1.807) is 17.7 Å². The van der Waals surface area contributed by atoms with Crippen molar-refractivity contribution in [2.24, 2.45) is 0 Å². The minimum Gasteiger partial charge on any atom is -0.351 e. The Kier molecular flexibility index (Phi) is 3.08. The van der Waals surface area contributed by atoms with Gasteiger partial charge in [0.05, 0.1) is 16.8 Å². The molecule has 6 nitrogen and oxygen atoms in total. The highest BCUT2D eigenvalue weighted by atomic mass is 32.1. The van der Waals surface area contributed by atoms with E-state index >= 15 is 0 Å². The Morgan fingerprint density at radius 3 is 2.86 bits per heavy atom. The Balaban J connectivity index is 1.83. The number of rotatable bonds is 2. The van der Waals surface area contributed by atoms with Gasteiger partial charge in [0.1, 0.15) is 6.33 Å². The van der Waals surface area contributed by atoms with E-state index in [9.17, 15) is 0 Å². The second kappa shape index (κ2) is 5.09. The lowest BCUT2D eigenvalue weighted by atomic mass is 10.3. The fourth-order valence-corrected chi connectivity index (χ4v) is 3.53. The second-order valence-electron chi connectivity index (χ2n) is 5.14. The smallest absolute Gasteiger partial charge is 0.204 e. The summed E-state index contributed by atoms with van der Waals surface area (Å²) in [6, 6.07) is 4.25. The van der Waals surface area contributed by atoms with Crippen molar-refractivity contribution in [1.29, 1.82) is 0 Å². The van der Waals surface area contributed by atoms with E-state index in [4.69, 9.17) is 0 Å². The minimum absolute atomic E-state index is 0.834. The average molecular weight is 300 g/mol. The Bertz CT molecular complexity index is 771. The van der Waals surface area contributed by atoms with Gasteiger partial charge in [-0.1, -0.05) is 0 Å². The third-order valence-electron chi connectivity index (χ3n) is 3.73. The van der Waals surface area contributed by atoms with Crippen LogP contribution in [0.1, 0.15) is 4.88 Å². The maximum atomic E-state index is 4.67. The van der Waals surface area contributed by atoms with E-state index in [0.29, 0.717) is 0 Å². The number of aromatic nitrogens is 4. The molecular weight excluding hydrogens is 284 g/mol. The summed E-state index contributed by atoms with van der Waals surface area (Å²) in [4.78, 5) is 9.42. The van der Waals surface area contributed by atoms with Crippen LogP contribution < -0.4 is 10.2 Å². The number of aryl methyl sites for hydroxylation is 1. The molecule has 3 aromatic rings. The van der Waals surface area contributed by atoms with Gasteiger partial charge < -0.3 is 10.2 Å². The Hall–Kier alpha value is -1.99. The standard InChI is InChI=1S/C14H16N6S/c1-10-2-3-12(21-10)11-8-16-13(14-18-17-9-20(11)14)19-6-4-15-5-7-19/h2-3,8-9,15H,4-7H2,1H3. The number of hydrogen-bond donors (Lipinski definition) is 1. The molecule has 1 aliphatic rings. The predicted octanol–water partition coefficient (Wildman–Crippen LogP) is 1.57. The molecule has 4 rings (SSSR count). The van der Waals surface area contributed by atoms with Gasteiger partial charge in [-0.25, -0.2) is 4.98 Å². The first-order valence-corrected chi connectivity index (χ1v) is 7.86. The number of thiophene rings is 1. The van der Waals surface area contributed by atoms with Crippen LogP contribution in [0.15, 0.2) is 24.7 Å². The molecule has 1 N–H and O–H groups in total. The molecule has 21 heavy (non-hydrogen) atoms. The fraction of sp³-hybridized carbons (Fsp3) is 0.357. The molecule has 1 saturated heterocycles. The monoisotopic (exact) mass is 300 g/mol. The highest BCUT2D eigenvalue weighted by Crippen LogP contribution is 2.29. The van der Waals surface area contributed by atoms with Crippen LogP contribution in [0.2, 0.25) is 0 Å². The third-order valence-corrected chi connectivity index (χ3v) is 4.75. The van der Waals surface area contributed by atoms with Crippen LogP contribution >= 0.6 is 11.3 Å². The molecule has 108 valence electrons. The molecule has 0 spiro atoms. The van der Waals surface area contributed by atoms with Gasteiger partial charge in [0.25, 0.3) is 0 Å². The molecule has 0 bridgehead atoms. The van der Waals surface area contributed by atoms with Gasteiger partial charge in [-0.2, -0.15) is 0 Å². The molecule has 1 fully saturated rings. The van der Waals surface area contributed by atoms with Crippen molar-refractivity contribution in [3.8, 4) is 10.6 Å². The lowest BCUT2D eigenvalue weighted by molar-refractivity contribution is 0.585. The predicted molar refractivity (Wildman–Crippen MR) is 83.9 cm³/mol. The molecule has 0 saturated carbocycles. The van der Waals surface area contributed by atoms with Crippen LogP contribution in [0.4, 0.5) is 5.82 Å². The van der Waals surface area contributed by atoms with Crippen molar-refractivity contribution in [2.75, 3.05) is 31.1 Å². The third kappa shape index (κ3) is 2.18. The van der Waals surface area contributed by atoms with Crippen LogP contribution in [0.3, 0.4) is 0 Å². The number of nitrogens with one attached hydrogen (secondary N) is 1. The molecular formula is C14H16N6S. The zero-order valence-electron chi connectivity index (χ0n) is 11.8. The molecule has 0 aromatic carbocycles. The fourth-order valence-electron chi connectivity index (χ4n) is 2.66. The molecule has 4 heterocycles. The largest absolute Gasteiger partial charge is 0.351 e. The Labute approximate surface area is 126 Å². The first kappa shape index (κ1) is 12.7. The van der Waals surface area contributed by atoms with Gasteiger partial charge >= 0.3 is 0 Å². The molecule has 3 aromatic heterocycles. The SMILES string of the molecule is Cc1ccc(-c2cnc(N3CCNCC3)c3nncn23)s1. The summed E-state index contributed by atoms with van der Waals surface area (Å²) in [5.74, 6) is 0.922. The Morgan fingerprint density at radius 2 is 2.10 bits per heavy atom. The number of piperazine rings is 1. The van der Waals surface area contributed by atoms with Crippen LogP contribution in [0.25, 0.3) is 16.2 Å². The zero-order valence-corrected chi connectivity index (χ0v) is 12.6. The van der Waals surface area contributed by atoms with Crippen molar-refractivity contribution in [2.45, 2.75) is 6.92 Å². The first-order valence-electron chi connectivity index (χ1n) is 7.04. The van der Waals surface area contributed by atoms with Crippen molar-refractivity contribution in [3.63, 3.8) is 0 Å². The lowest BCUT2D eigenvalue weighted by Crippen LogP contribution is -2.44. The van der Waals surface area contributed by atoms with Gasteiger partial charge in [0.2, 0.25) is 5.65 Å². The number of fused-ring (bicyclic) bond motifs is 1. The van der Waals surface area contributed by atoms with Gasteiger partial charge in [-0.3, -0.25) is 4.40 Å². The van der Waals surface area contributed by atoms with E-state index in [2.05, 4.69) is 44.5 Å². The van der Waals surface area contributed by atoms with Crippen LogP contribution in [-0.2, 0) is 0 Å². The molecule has 0 aliphatic carbocycles. The summed E-state index contributed by atoms with van der Waals surface area (Å²) in [5.41, 5.74) is 1.88. The van der Waals surface area contributed by atoms with Gasteiger partial charge in [0, 0.05) is 31.1 Å².